The number of hydrogen-bond acceptors (Lipinski definition) is 4. The molecule has 4 nitrogen and oxygen atoms in total. The standard InChI is InChI=1S/C14H15ClN2O2/c1-18-13-5-2-9(15)6-12(13)14-17-11(8-19-14)7-16-10-3-4-10/h2,5-6,8,10,16H,3-4,7H2,1H3. The maximum atomic E-state index is 6.00. The first-order valence-corrected chi connectivity index (χ1v) is 6.66. The number of rotatable bonds is 5. The molecule has 1 N–H and O–H groups in total. The highest BCUT2D eigenvalue weighted by atomic mass is 35.5. The van der Waals surface area contributed by atoms with E-state index in [-0.39, 0.29) is 0 Å². The fourth-order valence-electron chi connectivity index (χ4n) is 1.90. The predicted molar refractivity (Wildman–Crippen MR) is 73.4 cm³/mol. The van der Waals surface area contributed by atoms with Crippen LogP contribution in [0.1, 0.15) is 18.5 Å². The molecule has 1 aromatic carbocycles. The fourth-order valence-corrected chi connectivity index (χ4v) is 2.07. The Morgan fingerprint density at radius 1 is 1.47 bits per heavy atom. The zero-order valence-electron chi connectivity index (χ0n) is 10.6. The topological polar surface area (TPSA) is 47.3 Å². The third-order valence-corrected chi connectivity index (χ3v) is 3.33. The summed E-state index contributed by atoms with van der Waals surface area (Å²) in [5, 5.41) is 4.03. The molecule has 100 valence electrons. The molecule has 1 aromatic heterocycles. The van der Waals surface area contributed by atoms with Crippen LogP contribution in [-0.2, 0) is 6.54 Å². The fraction of sp³-hybridized carbons (Fsp3) is 0.357. The third-order valence-electron chi connectivity index (χ3n) is 3.09. The largest absolute Gasteiger partial charge is 0.496 e. The summed E-state index contributed by atoms with van der Waals surface area (Å²) in [6.45, 7) is 0.733. The van der Waals surface area contributed by atoms with E-state index in [0.717, 1.165) is 17.8 Å². The van der Waals surface area contributed by atoms with Gasteiger partial charge in [0.1, 0.15) is 12.0 Å². The van der Waals surface area contributed by atoms with Gasteiger partial charge in [-0.1, -0.05) is 11.6 Å². The Bertz CT molecular complexity index is 579. The van der Waals surface area contributed by atoms with Gasteiger partial charge < -0.3 is 14.5 Å². The van der Waals surface area contributed by atoms with Gasteiger partial charge in [-0.25, -0.2) is 4.98 Å². The van der Waals surface area contributed by atoms with Gasteiger partial charge in [0, 0.05) is 17.6 Å². The van der Waals surface area contributed by atoms with Crippen molar-refractivity contribution in [2.45, 2.75) is 25.4 Å². The number of oxazole rings is 1. The third kappa shape index (κ3) is 2.91. The van der Waals surface area contributed by atoms with Crippen LogP contribution in [0.15, 0.2) is 28.9 Å². The summed E-state index contributed by atoms with van der Waals surface area (Å²) in [7, 11) is 1.62. The van der Waals surface area contributed by atoms with Crippen molar-refractivity contribution < 1.29 is 9.15 Å². The van der Waals surface area contributed by atoms with Gasteiger partial charge in [-0.15, -0.1) is 0 Å². The monoisotopic (exact) mass is 278 g/mol. The van der Waals surface area contributed by atoms with E-state index in [4.69, 9.17) is 20.8 Å². The van der Waals surface area contributed by atoms with Crippen molar-refractivity contribution in [1.29, 1.82) is 0 Å². The molecule has 19 heavy (non-hydrogen) atoms. The molecule has 0 amide bonds. The summed E-state index contributed by atoms with van der Waals surface area (Å²) >= 11 is 6.00. The molecular formula is C14H15ClN2O2. The Balaban J connectivity index is 1.82. The molecule has 0 spiro atoms. The quantitative estimate of drug-likeness (QED) is 0.912. The Morgan fingerprint density at radius 3 is 3.05 bits per heavy atom. The van der Waals surface area contributed by atoms with Crippen molar-refractivity contribution in [2.75, 3.05) is 7.11 Å². The van der Waals surface area contributed by atoms with Crippen LogP contribution in [0.3, 0.4) is 0 Å². The van der Waals surface area contributed by atoms with Gasteiger partial charge in [0.05, 0.1) is 18.4 Å². The van der Waals surface area contributed by atoms with E-state index in [9.17, 15) is 0 Å². The summed E-state index contributed by atoms with van der Waals surface area (Å²) in [5.74, 6) is 1.24. The van der Waals surface area contributed by atoms with Crippen LogP contribution < -0.4 is 10.1 Å². The SMILES string of the molecule is COc1ccc(Cl)cc1-c1nc(CNC2CC2)co1. The second-order valence-corrected chi connectivity index (χ2v) is 5.08. The first-order valence-electron chi connectivity index (χ1n) is 6.28. The molecule has 3 rings (SSSR count). The normalized spacial score (nSPS) is 14.6. The Labute approximate surface area is 116 Å². The number of nitrogens with zero attached hydrogens (tertiary/aromatic N) is 1. The molecular weight excluding hydrogens is 264 g/mol. The van der Waals surface area contributed by atoms with E-state index in [1.807, 2.05) is 6.07 Å². The van der Waals surface area contributed by atoms with Gasteiger partial charge in [-0.3, -0.25) is 0 Å². The number of hydrogen-bond donors (Lipinski definition) is 1. The lowest BCUT2D eigenvalue weighted by atomic mass is 10.2. The van der Waals surface area contributed by atoms with Crippen LogP contribution >= 0.6 is 11.6 Å². The minimum Gasteiger partial charge on any atom is -0.496 e. The molecule has 1 aliphatic rings. The van der Waals surface area contributed by atoms with Gasteiger partial charge in [-0.05, 0) is 31.0 Å². The zero-order valence-corrected chi connectivity index (χ0v) is 11.4. The lowest BCUT2D eigenvalue weighted by Crippen LogP contribution is -2.15. The molecule has 2 aromatic rings. The van der Waals surface area contributed by atoms with Crippen molar-refractivity contribution in [1.82, 2.24) is 10.3 Å². The molecule has 0 unspecified atom stereocenters. The molecule has 1 fully saturated rings. The highest BCUT2D eigenvalue weighted by molar-refractivity contribution is 6.30. The van der Waals surface area contributed by atoms with Crippen molar-refractivity contribution in [2.24, 2.45) is 0 Å². The minimum absolute atomic E-state index is 0.534. The second kappa shape index (κ2) is 5.23. The summed E-state index contributed by atoms with van der Waals surface area (Å²) in [4.78, 5) is 4.46. The molecule has 0 atom stereocenters. The molecule has 0 bridgehead atoms. The van der Waals surface area contributed by atoms with Crippen LogP contribution in [0.25, 0.3) is 11.5 Å². The van der Waals surface area contributed by atoms with E-state index >= 15 is 0 Å². The average Bonchev–Trinajstić information content (AvgIpc) is 3.13. The van der Waals surface area contributed by atoms with Crippen LogP contribution in [0.5, 0.6) is 5.75 Å². The van der Waals surface area contributed by atoms with Gasteiger partial charge in [0.15, 0.2) is 0 Å². The van der Waals surface area contributed by atoms with E-state index in [1.165, 1.54) is 12.8 Å². The number of methoxy groups -OCH3 is 1. The Hall–Kier alpha value is -1.52. The number of benzene rings is 1. The van der Waals surface area contributed by atoms with Crippen LogP contribution in [0.4, 0.5) is 0 Å². The van der Waals surface area contributed by atoms with Crippen LogP contribution in [0.2, 0.25) is 5.02 Å². The lowest BCUT2D eigenvalue weighted by Gasteiger charge is -2.05. The maximum absolute atomic E-state index is 6.00. The Morgan fingerprint density at radius 2 is 2.32 bits per heavy atom. The van der Waals surface area contributed by atoms with Gasteiger partial charge in [-0.2, -0.15) is 0 Å². The minimum atomic E-state index is 0.534. The highest BCUT2D eigenvalue weighted by Gasteiger charge is 2.21. The number of halogens is 1. The lowest BCUT2D eigenvalue weighted by molar-refractivity contribution is 0.414. The smallest absolute Gasteiger partial charge is 0.230 e. The van der Waals surface area contributed by atoms with E-state index in [0.29, 0.717) is 22.7 Å². The highest BCUT2D eigenvalue weighted by Crippen LogP contribution is 2.32. The first kappa shape index (κ1) is 12.5. The number of aromatic nitrogens is 1. The Kier molecular flexibility index (Phi) is 3.44. The number of ether oxygens (including phenoxy) is 1. The molecule has 0 aliphatic heterocycles. The summed E-state index contributed by atoms with van der Waals surface area (Å²) < 4.78 is 10.8. The van der Waals surface area contributed by atoms with Crippen molar-refractivity contribution in [3.63, 3.8) is 0 Å². The van der Waals surface area contributed by atoms with Gasteiger partial charge in [0.2, 0.25) is 5.89 Å². The van der Waals surface area contributed by atoms with Crippen molar-refractivity contribution in [3.8, 4) is 17.2 Å². The van der Waals surface area contributed by atoms with Crippen molar-refractivity contribution in [3.05, 3.63) is 35.2 Å². The van der Waals surface area contributed by atoms with Crippen LogP contribution in [-0.4, -0.2) is 18.1 Å². The van der Waals surface area contributed by atoms with Gasteiger partial charge in [0.25, 0.3) is 0 Å². The first-order chi connectivity index (χ1) is 9.26. The molecule has 1 heterocycles. The average molecular weight is 279 g/mol. The summed E-state index contributed by atoms with van der Waals surface area (Å²) in [5.41, 5.74) is 1.66. The molecule has 0 saturated heterocycles. The molecule has 0 radical (unpaired) electrons. The molecule has 1 saturated carbocycles. The number of nitrogens with one attached hydrogen (secondary N) is 1. The predicted octanol–water partition coefficient (Wildman–Crippen LogP) is 3.26. The van der Waals surface area contributed by atoms with Crippen LogP contribution in [0, 0.1) is 0 Å². The summed E-state index contributed by atoms with van der Waals surface area (Å²) in [6, 6.07) is 6.04. The van der Waals surface area contributed by atoms with Gasteiger partial charge >= 0.3 is 0 Å². The zero-order chi connectivity index (χ0) is 13.2. The summed E-state index contributed by atoms with van der Waals surface area (Å²) in [6.07, 6.45) is 4.19. The molecule has 1 aliphatic carbocycles. The molecule has 5 heteroatoms. The van der Waals surface area contributed by atoms with E-state index < -0.39 is 0 Å². The van der Waals surface area contributed by atoms with Crippen molar-refractivity contribution >= 4 is 11.6 Å². The maximum Gasteiger partial charge on any atom is 0.230 e. The van der Waals surface area contributed by atoms with E-state index in [1.54, 1.807) is 25.5 Å². The second-order valence-electron chi connectivity index (χ2n) is 4.64. The van der Waals surface area contributed by atoms with E-state index in [2.05, 4.69) is 10.3 Å².